The number of sulfone groups is 1. The molecular formula is C18H18N4O3S. The Hall–Kier alpha value is -3.00. The summed E-state index contributed by atoms with van der Waals surface area (Å²) in [6, 6.07) is 13.6. The zero-order chi connectivity index (χ0) is 18.6. The molecule has 0 aliphatic rings. The van der Waals surface area contributed by atoms with E-state index in [4.69, 9.17) is 0 Å². The molecule has 8 heteroatoms. The van der Waals surface area contributed by atoms with E-state index in [0.29, 0.717) is 5.69 Å². The van der Waals surface area contributed by atoms with Gasteiger partial charge in [0.2, 0.25) is 5.91 Å². The number of nitrogens with zero attached hydrogens (tertiary/aromatic N) is 3. The van der Waals surface area contributed by atoms with Crippen LogP contribution in [0, 0.1) is 6.92 Å². The number of aromatic nitrogens is 3. The van der Waals surface area contributed by atoms with Gasteiger partial charge in [0.15, 0.2) is 9.84 Å². The van der Waals surface area contributed by atoms with Crippen molar-refractivity contribution in [1.29, 1.82) is 0 Å². The number of hydrogen-bond acceptors (Lipinski definition) is 5. The minimum Gasteiger partial charge on any atom is -0.326 e. The van der Waals surface area contributed by atoms with Crippen LogP contribution in [-0.2, 0) is 14.6 Å². The van der Waals surface area contributed by atoms with Crippen molar-refractivity contribution in [2.24, 2.45) is 0 Å². The number of benzene rings is 2. The van der Waals surface area contributed by atoms with Gasteiger partial charge in [0, 0.05) is 12.1 Å². The lowest BCUT2D eigenvalue weighted by Crippen LogP contribution is -2.17. The Morgan fingerprint density at radius 1 is 1.08 bits per heavy atom. The Balaban J connectivity index is 1.58. The van der Waals surface area contributed by atoms with Gasteiger partial charge in [-0.25, -0.2) is 18.1 Å². The van der Waals surface area contributed by atoms with Gasteiger partial charge in [-0.05, 0) is 43.3 Å². The standard InChI is InChI=1S/C18H18N4O3S/c1-14-2-8-17(9-3-14)26(24,25)11-10-18(23)21-15-4-6-16(7-5-15)22-13-19-12-20-22/h2-9,12-13H,10-11H2,1H3,(H,21,23). The fourth-order valence-electron chi connectivity index (χ4n) is 2.35. The first kappa shape index (κ1) is 17.8. The first-order chi connectivity index (χ1) is 12.4. The molecule has 1 aromatic heterocycles. The van der Waals surface area contributed by atoms with Crippen LogP contribution < -0.4 is 5.32 Å². The summed E-state index contributed by atoms with van der Waals surface area (Å²) in [7, 11) is -3.48. The van der Waals surface area contributed by atoms with Crippen molar-refractivity contribution in [2.75, 3.05) is 11.1 Å². The van der Waals surface area contributed by atoms with Crippen LogP contribution in [0.25, 0.3) is 5.69 Å². The Morgan fingerprint density at radius 2 is 1.77 bits per heavy atom. The number of aryl methyl sites for hydroxylation is 1. The summed E-state index contributed by atoms with van der Waals surface area (Å²) >= 11 is 0. The SMILES string of the molecule is Cc1ccc(S(=O)(=O)CCC(=O)Nc2ccc(-n3cncn3)cc2)cc1. The van der Waals surface area contributed by atoms with E-state index in [9.17, 15) is 13.2 Å². The molecule has 3 rings (SSSR count). The van der Waals surface area contributed by atoms with Crippen molar-refractivity contribution in [3.8, 4) is 5.69 Å². The molecule has 3 aromatic rings. The zero-order valence-corrected chi connectivity index (χ0v) is 15.0. The molecule has 0 unspecified atom stereocenters. The van der Waals surface area contributed by atoms with Crippen LogP contribution in [0.3, 0.4) is 0 Å². The molecule has 1 heterocycles. The molecule has 0 atom stereocenters. The second-order valence-corrected chi connectivity index (χ2v) is 7.93. The maximum absolute atomic E-state index is 12.3. The molecular weight excluding hydrogens is 352 g/mol. The monoisotopic (exact) mass is 370 g/mol. The number of hydrogen-bond donors (Lipinski definition) is 1. The number of anilines is 1. The molecule has 0 aliphatic heterocycles. The summed E-state index contributed by atoms with van der Waals surface area (Å²) in [5.41, 5.74) is 2.38. The van der Waals surface area contributed by atoms with Crippen molar-refractivity contribution in [3.05, 3.63) is 66.7 Å². The van der Waals surface area contributed by atoms with Crippen molar-refractivity contribution < 1.29 is 13.2 Å². The molecule has 0 spiro atoms. The van der Waals surface area contributed by atoms with E-state index in [1.807, 2.05) is 6.92 Å². The molecule has 26 heavy (non-hydrogen) atoms. The lowest BCUT2D eigenvalue weighted by atomic mass is 10.2. The van der Waals surface area contributed by atoms with E-state index in [2.05, 4.69) is 15.4 Å². The second kappa shape index (κ2) is 7.49. The first-order valence-corrected chi connectivity index (χ1v) is 9.64. The third-order valence-electron chi connectivity index (χ3n) is 3.81. The largest absolute Gasteiger partial charge is 0.326 e. The van der Waals surface area contributed by atoms with Crippen molar-refractivity contribution in [2.45, 2.75) is 18.2 Å². The van der Waals surface area contributed by atoms with Gasteiger partial charge in [0.05, 0.1) is 16.3 Å². The number of nitrogens with one attached hydrogen (secondary N) is 1. The smallest absolute Gasteiger partial charge is 0.225 e. The Morgan fingerprint density at radius 3 is 2.38 bits per heavy atom. The summed E-state index contributed by atoms with van der Waals surface area (Å²) in [5.74, 6) is -0.590. The topological polar surface area (TPSA) is 94.0 Å². The van der Waals surface area contributed by atoms with Crippen LogP contribution in [0.1, 0.15) is 12.0 Å². The van der Waals surface area contributed by atoms with E-state index in [-0.39, 0.29) is 23.0 Å². The lowest BCUT2D eigenvalue weighted by molar-refractivity contribution is -0.115. The van der Waals surface area contributed by atoms with Gasteiger partial charge < -0.3 is 5.32 Å². The van der Waals surface area contributed by atoms with Gasteiger partial charge in [-0.3, -0.25) is 4.79 Å². The molecule has 0 bridgehead atoms. The lowest BCUT2D eigenvalue weighted by Gasteiger charge is -2.08. The van der Waals surface area contributed by atoms with E-state index in [1.54, 1.807) is 59.5 Å². The van der Waals surface area contributed by atoms with Crippen molar-refractivity contribution in [3.63, 3.8) is 0 Å². The quantitative estimate of drug-likeness (QED) is 0.719. The highest BCUT2D eigenvalue weighted by Gasteiger charge is 2.16. The van der Waals surface area contributed by atoms with Crippen LogP contribution >= 0.6 is 0 Å². The predicted octanol–water partition coefficient (Wildman–Crippen LogP) is 2.38. The number of amides is 1. The molecule has 7 nitrogen and oxygen atoms in total. The molecule has 0 radical (unpaired) electrons. The fraction of sp³-hybridized carbons (Fsp3) is 0.167. The zero-order valence-electron chi connectivity index (χ0n) is 14.2. The average Bonchev–Trinajstić information content (AvgIpc) is 3.16. The van der Waals surface area contributed by atoms with Crippen molar-refractivity contribution >= 4 is 21.4 Å². The van der Waals surface area contributed by atoms with Gasteiger partial charge >= 0.3 is 0 Å². The van der Waals surface area contributed by atoms with E-state index in [1.165, 1.54) is 6.33 Å². The normalized spacial score (nSPS) is 11.3. The highest BCUT2D eigenvalue weighted by atomic mass is 32.2. The Labute approximate surface area is 151 Å². The molecule has 0 aliphatic carbocycles. The summed E-state index contributed by atoms with van der Waals surface area (Å²) in [4.78, 5) is 16.2. The maximum Gasteiger partial charge on any atom is 0.225 e. The summed E-state index contributed by atoms with van der Waals surface area (Å²) < 4.78 is 26.2. The van der Waals surface area contributed by atoms with Gasteiger partial charge in [0.25, 0.3) is 0 Å². The number of carbonyl (C=O) groups excluding carboxylic acids is 1. The molecule has 0 saturated heterocycles. The van der Waals surface area contributed by atoms with Crippen LogP contribution in [0.15, 0.2) is 66.1 Å². The molecule has 0 fully saturated rings. The molecule has 134 valence electrons. The third kappa shape index (κ3) is 4.34. The van der Waals surface area contributed by atoms with Crippen LogP contribution in [-0.4, -0.2) is 34.8 Å². The Bertz CT molecular complexity index is 980. The second-order valence-electron chi connectivity index (χ2n) is 5.82. The highest BCUT2D eigenvalue weighted by molar-refractivity contribution is 7.91. The third-order valence-corrected chi connectivity index (χ3v) is 5.54. The van der Waals surface area contributed by atoms with Gasteiger partial charge in [-0.1, -0.05) is 17.7 Å². The predicted molar refractivity (Wildman–Crippen MR) is 97.8 cm³/mol. The number of rotatable bonds is 6. The number of carbonyl (C=O) groups is 1. The van der Waals surface area contributed by atoms with E-state index in [0.717, 1.165) is 11.3 Å². The van der Waals surface area contributed by atoms with Crippen molar-refractivity contribution in [1.82, 2.24) is 14.8 Å². The molecule has 1 N–H and O–H groups in total. The van der Waals surface area contributed by atoms with Crippen LogP contribution in [0.5, 0.6) is 0 Å². The fourth-order valence-corrected chi connectivity index (χ4v) is 3.59. The first-order valence-electron chi connectivity index (χ1n) is 7.98. The van der Waals surface area contributed by atoms with Crippen LogP contribution in [0.4, 0.5) is 5.69 Å². The summed E-state index contributed by atoms with van der Waals surface area (Å²) in [6.45, 7) is 1.89. The highest BCUT2D eigenvalue weighted by Crippen LogP contribution is 2.15. The average molecular weight is 370 g/mol. The summed E-state index contributed by atoms with van der Waals surface area (Å²) in [6.07, 6.45) is 2.90. The molecule has 2 aromatic carbocycles. The molecule has 0 saturated carbocycles. The maximum atomic E-state index is 12.3. The minimum absolute atomic E-state index is 0.110. The Kier molecular flexibility index (Phi) is 5.13. The van der Waals surface area contributed by atoms with Gasteiger partial charge in [0.1, 0.15) is 12.7 Å². The van der Waals surface area contributed by atoms with Crippen LogP contribution in [0.2, 0.25) is 0 Å². The van der Waals surface area contributed by atoms with E-state index < -0.39 is 9.84 Å². The van der Waals surface area contributed by atoms with Gasteiger partial charge in [-0.15, -0.1) is 0 Å². The van der Waals surface area contributed by atoms with Gasteiger partial charge in [-0.2, -0.15) is 5.10 Å². The summed E-state index contributed by atoms with van der Waals surface area (Å²) in [5, 5.41) is 6.72. The minimum atomic E-state index is -3.48. The van der Waals surface area contributed by atoms with E-state index >= 15 is 0 Å². The molecule has 1 amide bonds.